The number of halogens is 5. The Hall–Kier alpha value is -5.00. The highest BCUT2D eigenvalue weighted by Gasteiger charge is 2.42. The van der Waals surface area contributed by atoms with Crippen molar-refractivity contribution < 1.29 is 41.4 Å². The number of fused-ring (bicyclic) bond motifs is 6. The average molecular weight is 639 g/mol. The fraction of sp³-hybridized carbons (Fsp3) is 0.265. The van der Waals surface area contributed by atoms with Crippen molar-refractivity contribution in [2.45, 2.75) is 57.3 Å². The first-order valence-electron chi connectivity index (χ1n) is 14.5. The monoisotopic (exact) mass is 638 g/mol. The summed E-state index contributed by atoms with van der Waals surface area (Å²) < 4.78 is 80.2. The second-order valence-electron chi connectivity index (χ2n) is 11.6. The largest absolute Gasteiger partial charge is 0.481 e. The molecule has 2 atom stereocenters. The Morgan fingerprint density at radius 1 is 1.00 bits per heavy atom. The number of ether oxygens (including phenoxy) is 1. The lowest BCUT2D eigenvalue weighted by molar-refractivity contribution is -0.139. The summed E-state index contributed by atoms with van der Waals surface area (Å²) in [6.07, 6.45) is -4.24. The van der Waals surface area contributed by atoms with Gasteiger partial charge in [-0.3, -0.25) is 19.0 Å². The normalized spacial score (nSPS) is 17.9. The van der Waals surface area contributed by atoms with E-state index in [1.807, 2.05) is 0 Å². The summed E-state index contributed by atoms with van der Waals surface area (Å²) in [4.78, 5) is 39.9. The Labute approximate surface area is 259 Å². The predicted octanol–water partition coefficient (Wildman–Crippen LogP) is 7.33. The van der Waals surface area contributed by atoms with Crippen LogP contribution in [0.1, 0.15) is 70.6 Å². The first-order chi connectivity index (χ1) is 21.7. The molecule has 238 valence electrons. The Morgan fingerprint density at radius 2 is 1.74 bits per heavy atom. The van der Waals surface area contributed by atoms with Crippen LogP contribution in [-0.2, 0) is 15.8 Å². The standard InChI is InChI=1S/C34H27F5N2O5/c1-16-4-3-5-26-28(16)19-12-17(2)30(36)22(13-19)25(15-27(42)43)40-32(44)31(21-14-20(46-26)8-9-24(21)35)41-11-10-23(34(37,38)39)29(33(41)45)18-6-7-18/h3-5,8-14,18,25,31H,6-7,15H2,1-2H3,(H,40,44)(H,42,43)/t25-,31+/m0/s1. The third kappa shape index (κ3) is 5.63. The van der Waals surface area contributed by atoms with Crippen LogP contribution in [0, 0.1) is 25.5 Å². The van der Waals surface area contributed by atoms with Gasteiger partial charge in [0.05, 0.1) is 18.0 Å². The molecule has 1 aromatic heterocycles. The van der Waals surface area contributed by atoms with Gasteiger partial charge in [0, 0.05) is 28.5 Å². The highest BCUT2D eigenvalue weighted by atomic mass is 19.4. The molecule has 0 unspecified atom stereocenters. The summed E-state index contributed by atoms with van der Waals surface area (Å²) >= 11 is 0. The van der Waals surface area contributed by atoms with Crippen molar-refractivity contribution >= 4 is 11.9 Å². The van der Waals surface area contributed by atoms with Crippen LogP contribution in [0.15, 0.2) is 65.6 Å². The number of benzene rings is 3. The number of aromatic nitrogens is 1. The number of hydrogen-bond donors (Lipinski definition) is 2. The molecule has 2 heterocycles. The van der Waals surface area contributed by atoms with E-state index in [1.165, 1.54) is 19.1 Å². The molecule has 1 saturated carbocycles. The number of amides is 1. The maximum atomic E-state index is 15.8. The minimum atomic E-state index is -4.86. The molecule has 1 amide bonds. The maximum absolute atomic E-state index is 15.8. The van der Waals surface area contributed by atoms with Gasteiger partial charge in [-0.15, -0.1) is 0 Å². The predicted molar refractivity (Wildman–Crippen MR) is 157 cm³/mol. The average Bonchev–Trinajstić information content (AvgIpc) is 3.81. The molecule has 0 radical (unpaired) electrons. The van der Waals surface area contributed by atoms with Crippen molar-refractivity contribution in [1.29, 1.82) is 0 Å². The molecule has 3 aromatic carbocycles. The van der Waals surface area contributed by atoms with Crippen LogP contribution >= 0.6 is 0 Å². The molecule has 2 N–H and O–H groups in total. The second-order valence-corrected chi connectivity index (χ2v) is 11.6. The fourth-order valence-electron chi connectivity index (χ4n) is 6.08. The minimum absolute atomic E-state index is 0.0452. The van der Waals surface area contributed by atoms with Crippen molar-refractivity contribution in [2.24, 2.45) is 0 Å². The Kier molecular flexibility index (Phi) is 7.69. The van der Waals surface area contributed by atoms with Crippen LogP contribution < -0.4 is 15.6 Å². The number of pyridine rings is 1. The molecule has 6 rings (SSSR count). The molecular weight excluding hydrogens is 611 g/mol. The van der Waals surface area contributed by atoms with Gasteiger partial charge in [0.1, 0.15) is 29.2 Å². The summed E-state index contributed by atoms with van der Waals surface area (Å²) in [7, 11) is 0. The molecular formula is C34H27F5N2O5. The van der Waals surface area contributed by atoms with E-state index in [-0.39, 0.29) is 22.6 Å². The number of carbonyl (C=O) groups is 2. The van der Waals surface area contributed by atoms with Crippen LogP contribution in [-0.4, -0.2) is 21.6 Å². The number of rotatable bonds is 4. The first-order valence-corrected chi connectivity index (χ1v) is 14.5. The Bertz CT molecular complexity index is 1960. The van der Waals surface area contributed by atoms with Crippen LogP contribution in [0.3, 0.4) is 0 Å². The van der Waals surface area contributed by atoms with Crippen molar-refractivity contribution in [3.63, 3.8) is 0 Å². The Balaban J connectivity index is 1.64. The maximum Gasteiger partial charge on any atom is 0.416 e. The van der Waals surface area contributed by atoms with Gasteiger partial charge in [0.25, 0.3) is 5.56 Å². The van der Waals surface area contributed by atoms with Crippen molar-refractivity contribution in [2.75, 3.05) is 0 Å². The highest BCUT2D eigenvalue weighted by molar-refractivity contribution is 5.85. The molecule has 4 bridgehead atoms. The van der Waals surface area contributed by atoms with Gasteiger partial charge in [-0.2, -0.15) is 13.2 Å². The number of alkyl halides is 3. The van der Waals surface area contributed by atoms with E-state index >= 15 is 8.78 Å². The summed E-state index contributed by atoms with van der Waals surface area (Å²) in [6.45, 7) is 3.26. The zero-order valence-corrected chi connectivity index (χ0v) is 24.5. The van der Waals surface area contributed by atoms with Gasteiger partial charge in [-0.05, 0) is 91.8 Å². The topological polar surface area (TPSA) is 97.6 Å². The number of nitrogens with zero attached hydrogens (tertiary/aromatic N) is 1. The van der Waals surface area contributed by atoms with Gasteiger partial charge in [-0.1, -0.05) is 12.1 Å². The third-order valence-corrected chi connectivity index (χ3v) is 8.34. The smallest absolute Gasteiger partial charge is 0.416 e. The zero-order chi connectivity index (χ0) is 33.1. The van der Waals surface area contributed by atoms with E-state index in [2.05, 4.69) is 5.32 Å². The molecule has 2 aliphatic rings. The lowest BCUT2D eigenvalue weighted by Gasteiger charge is -2.26. The summed E-state index contributed by atoms with van der Waals surface area (Å²) in [5, 5.41) is 12.2. The number of aryl methyl sites for hydroxylation is 2. The van der Waals surface area contributed by atoms with Crippen LogP contribution in [0.2, 0.25) is 0 Å². The molecule has 0 saturated heterocycles. The number of nitrogens with one attached hydrogen (secondary N) is 1. The van der Waals surface area contributed by atoms with Crippen molar-refractivity contribution in [3.8, 4) is 22.6 Å². The van der Waals surface area contributed by atoms with Gasteiger partial charge in [0.15, 0.2) is 0 Å². The minimum Gasteiger partial charge on any atom is -0.481 e. The van der Waals surface area contributed by atoms with Gasteiger partial charge in [-0.25, -0.2) is 8.78 Å². The van der Waals surface area contributed by atoms with E-state index in [1.54, 1.807) is 31.2 Å². The quantitative estimate of drug-likeness (QED) is 0.228. The molecule has 12 heteroatoms. The molecule has 7 nitrogen and oxygen atoms in total. The van der Waals surface area contributed by atoms with Crippen LogP contribution in [0.25, 0.3) is 11.1 Å². The summed E-state index contributed by atoms with van der Waals surface area (Å²) in [6, 6.07) is 8.75. The third-order valence-electron chi connectivity index (χ3n) is 8.34. The fourth-order valence-corrected chi connectivity index (χ4v) is 6.08. The van der Waals surface area contributed by atoms with Gasteiger partial charge < -0.3 is 15.2 Å². The lowest BCUT2D eigenvalue weighted by Crippen LogP contribution is -2.41. The van der Waals surface area contributed by atoms with E-state index in [0.717, 1.165) is 18.3 Å². The van der Waals surface area contributed by atoms with E-state index in [0.29, 0.717) is 40.2 Å². The number of carboxylic acids is 1. The SMILES string of the molecule is Cc1cc2cc(c1F)[C@H](CC(=O)O)NC(=O)[C@H](n1ccc(C(F)(F)F)c(C3CC3)c1=O)c1cc(ccc1F)Oc1cccc(C)c1-2. The molecule has 46 heavy (non-hydrogen) atoms. The van der Waals surface area contributed by atoms with Crippen molar-refractivity contribution in [3.05, 3.63) is 116 Å². The molecule has 4 aromatic rings. The number of carboxylic acid groups (broad SMARTS) is 1. The van der Waals surface area contributed by atoms with Crippen LogP contribution in [0.5, 0.6) is 11.5 Å². The summed E-state index contributed by atoms with van der Waals surface area (Å²) in [5.74, 6) is -4.69. The lowest BCUT2D eigenvalue weighted by atomic mass is 9.92. The molecule has 1 aliphatic heterocycles. The van der Waals surface area contributed by atoms with Crippen molar-refractivity contribution in [1.82, 2.24) is 9.88 Å². The van der Waals surface area contributed by atoms with Gasteiger partial charge >= 0.3 is 12.1 Å². The highest BCUT2D eigenvalue weighted by Crippen LogP contribution is 2.45. The van der Waals surface area contributed by atoms with E-state index < -0.39 is 76.4 Å². The number of aliphatic carboxylic acids is 1. The number of hydrogen-bond acceptors (Lipinski definition) is 4. The molecule has 0 spiro atoms. The zero-order valence-electron chi connectivity index (χ0n) is 24.5. The van der Waals surface area contributed by atoms with Gasteiger partial charge in [0.2, 0.25) is 5.91 Å². The second kappa shape index (κ2) is 11.4. The van der Waals surface area contributed by atoms with E-state index in [4.69, 9.17) is 4.74 Å². The van der Waals surface area contributed by atoms with Crippen LogP contribution in [0.4, 0.5) is 22.0 Å². The van der Waals surface area contributed by atoms with E-state index in [9.17, 15) is 32.7 Å². The summed E-state index contributed by atoms with van der Waals surface area (Å²) in [5.41, 5.74) is -1.62. The first kappa shape index (κ1) is 31.0. The molecule has 1 fully saturated rings. The molecule has 1 aliphatic carbocycles. The Morgan fingerprint density at radius 3 is 2.41 bits per heavy atom. The number of carbonyl (C=O) groups excluding carboxylic acids is 1.